The summed E-state index contributed by atoms with van der Waals surface area (Å²) in [5.41, 5.74) is 2.02. The summed E-state index contributed by atoms with van der Waals surface area (Å²) >= 11 is 0. The van der Waals surface area contributed by atoms with Crippen LogP contribution in [0.3, 0.4) is 0 Å². The second-order valence-corrected chi connectivity index (χ2v) is 5.43. The third-order valence-corrected chi connectivity index (χ3v) is 3.58. The summed E-state index contributed by atoms with van der Waals surface area (Å²) in [6.07, 6.45) is 1.25. The first kappa shape index (κ1) is 15.1. The highest BCUT2D eigenvalue weighted by atomic mass is 19.4. The van der Waals surface area contributed by atoms with E-state index < -0.39 is 11.7 Å². The molecule has 0 bridgehead atoms. The predicted octanol–water partition coefficient (Wildman–Crippen LogP) is 4.56. The van der Waals surface area contributed by atoms with E-state index >= 15 is 0 Å². The van der Waals surface area contributed by atoms with E-state index in [1.165, 1.54) is 18.9 Å². The summed E-state index contributed by atoms with van der Waals surface area (Å²) in [5.74, 6) is 0. The van der Waals surface area contributed by atoms with E-state index in [9.17, 15) is 13.2 Å². The van der Waals surface area contributed by atoms with E-state index in [0.717, 1.165) is 30.2 Å². The van der Waals surface area contributed by atoms with Crippen LogP contribution < -0.4 is 5.32 Å². The average Bonchev–Trinajstić information content (AvgIpc) is 3.17. The van der Waals surface area contributed by atoms with Gasteiger partial charge in [0.2, 0.25) is 0 Å². The molecule has 1 fully saturated rings. The molecule has 1 aliphatic rings. The molecule has 1 aromatic rings. The van der Waals surface area contributed by atoms with Crippen LogP contribution in [0.4, 0.5) is 13.2 Å². The molecule has 0 atom stereocenters. The maximum absolute atomic E-state index is 12.6. The molecule has 20 heavy (non-hydrogen) atoms. The van der Waals surface area contributed by atoms with Crippen molar-refractivity contribution in [2.24, 2.45) is 0 Å². The van der Waals surface area contributed by atoms with Crippen LogP contribution in [0.1, 0.15) is 42.9 Å². The fourth-order valence-electron chi connectivity index (χ4n) is 2.26. The summed E-state index contributed by atoms with van der Waals surface area (Å²) in [5, 5.41) is 3.41. The quantitative estimate of drug-likeness (QED) is 0.781. The molecule has 1 aliphatic carbocycles. The molecule has 0 amide bonds. The summed E-state index contributed by atoms with van der Waals surface area (Å²) in [6, 6.07) is 4.63. The lowest BCUT2D eigenvalue weighted by molar-refractivity contribution is -0.137. The van der Waals surface area contributed by atoms with Gasteiger partial charge in [0, 0.05) is 6.04 Å². The van der Waals surface area contributed by atoms with E-state index in [0.29, 0.717) is 11.6 Å². The summed E-state index contributed by atoms with van der Waals surface area (Å²) in [4.78, 5) is 0. The molecule has 0 aliphatic heterocycles. The van der Waals surface area contributed by atoms with Crippen LogP contribution in [0.15, 0.2) is 24.3 Å². The molecule has 0 spiro atoms. The lowest BCUT2D eigenvalue weighted by Gasteiger charge is -2.11. The van der Waals surface area contributed by atoms with Crippen molar-refractivity contribution in [2.75, 3.05) is 6.54 Å². The Morgan fingerprint density at radius 1 is 1.35 bits per heavy atom. The van der Waals surface area contributed by atoms with Gasteiger partial charge in [-0.2, -0.15) is 13.2 Å². The first-order chi connectivity index (χ1) is 9.38. The average molecular weight is 283 g/mol. The molecule has 0 unspecified atom stereocenters. The zero-order valence-electron chi connectivity index (χ0n) is 11.8. The Labute approximate surface area is 117 Å². The number of allylic oxidation sites excluding steroid dienone is 1. The smallest absolute Gasteiger partial charge is 0.314 e. The van der Waals surface area contributed by atoms with Crippen molar-refractivity contribution >= 4 is 5.57 Å². The third-order valence-electron chi connectivity index (χ3n) is 3.58. The maximum Gasteiger partial charge on any atom is 0.416 e. The van der Waals surface area contributed by atoms with Gasteiger partial charge < -0.3 is 5.32 Å². The van der Waals surface area contributed by atoms with Crippen molar-refractivity contribution in [1.29, 1.82) is 0 Å². The van der Waals surface area contributed by atoms with Gasteiger partial charge >= 0.3 is 6.18 Å². The first-order valence-electron chi connectivity index (χ1n) is 6.96. The van der Waals surface area contributed by atoms with Gasteiger partial charge in [-0.05, 0) is 68.5 Å². The molecule has 0 aromatic heterocycles. The minimum Gasteiger partial charge on any atom is -0.314 e. The van der Waals surface area contributed by atoms with Crippen LogP contribution in [0, 0.1) is 6.92 Å². The summed E-state index contributed by atoms with van der Waals surface area (Å²) in [7, 11) is 0. The first-order valence-corrected chi connectivity index (χ1v) is 6.96. The summed E-state index contributed by atoms with van der Waals surface area (Å²) < 4.78 is 37.8. The lowest BCUT2D eigenvalue weighted by Crippen LogP contribution is -2.16. The van der Waals surface area contributed by atoms with Crippen LogP contribution in [0.25, 0.3) is 5.57 Å². The molecular weight excluding hydrogens is 263 g/mol. The van der Waals surface area contributed by atoms with Crippen molar-refractivity contribution in [3.63, 3.8) is 0 Å². The number of rotatable bonds is 5. The highest BCUT2D eigenvalue weighted by Crippen LogP contribution is 2.31. The Bertz CT molecular complexity index is 499. The Morgan fingerprint density at radius 3 is 2.60 bits per heavy atom. The van der Waals surface area contributed by atoms with E-state index in [1.54, 1.807) is 13.0 Å². The van der Waals surface area contributed by atoms with Gasteiger partial charge in [-0.1, -0.05) is 12.1 Å². The SMILES string of the molecule is C/C(=C/CCNC1CC1)c1ccc(C(F)(F)F)cc1C. The Kier molecular flexibility index (Phi) is 4.53. The topological polar surface area (TPSA) is 12.0 Å². The van der Waals surface area contributed by atoms with Gasteiger partial charge in [-0.25, -0.2) is 0 Å². The number of nitrogens with one attached hydrogen (secondary N) is 1. The minimum absolute atomic E-state index is 0.582. The molecule has 1 nitrogen and oxygen atoms in total. The van der Waals surface area contributed by atoms with Gasteiger partial charge in [-0.3, -0.25) is 0 Å². The van der Waals surface area contributed by atoms with Crippen molar-refractivity contribution < 1.29 is 13.2 Å². The van der Waals surface area contributed by atoms with Gasteiger partial charge in [0.15, 0.2) is 0 Å². The van der Waals surface area contributed by atoms with E-state index in [2.05, 4.69) is 11.4 Å². The minimum atomic E-state index is -4.27. The second-order valence-electron chi connectivity index (χ2n) is 5.43. The van der Waals surface area contributed by atoms with E-state index in [1.807, 2.05) is 6.92 Å². The maximum atomic E-state index is 12.6. The van der Waals surface area contributed by atoms with Crippen molar-refractivity contribution in [3.05, 3.63) is 41.0 Å². The number of hydrogen-bond donors (Lipinski definition) is 1. The molecule has 0 heterocycles. The largest absolute Gasteiger partial charge is 0.416 e. The fourth-order valence-corrected chi connectivity index (χ4v) is 2.26. The molecule has 110 valence electrons. The number of benzene rings is 1. The lowest BCUT2D eigenvalue weighted by atomic mass is 9.98. The normalized spacial score (nSPS) is 16.6. The number of aryl methyl sites for hydroxylation is 1. The molecule has 0 saturated heterocycles. The standard InChI is InChI=1S/C16H20F3N/c1-11(4-3-9-20-14-6-7-14)15-8-5-13(10-12(15)2)16(17,18)19/h4-5,8,10,14,20H,3,6-7,9H2,1-2H3/b11-4-. The van der Waals surface area contributed by atoms with Crippen LogP contribution in [0.5, 0.6) is 0 Å². The van der Waals surface area contributed by atoms with Gasteiger partial charge in [0.25, 0.3) is 0 Å². The molecule has 4 heteroatoms. The molecule has 1 saturated carbocycles. The van der Waals surface area contributed by atoms with Gasteiger partial charge in [-0.15, -0.1) is 0 Å². The van der Waals surface area contributed by atoms with Crippen LogP contribution >= 0.6 is 0 Å². The predicted molar refractivity (Wildman–Crippen MR) is 75.5 cm³/mol. The Balaban J connectivity index is 2.01. The van der Waals surface area contributed by atoms with Crippen molar-refractivity contribution in [3.8, 4) is 0 Å². The molecule has 2 rings (SSSR count). The highest BCUT2D eigenvalue weighted by Gasteiger charge is 2.30. The number of alkyl halides is 3. The molecule has 1 aromatic carbocycles. The number of hydrogen-bond acceptors (Lipinski definition) is 1. The second kappa shape index (κ2) is 6.00. The third kappa shape index (κ3) is 4.10. The van der Waals surface area contributed by atoms with Gasteiger partial charge in [0.05, 0.1) is 5.56 Å². The monoisotopic (exact) mass is 283 g/mol. The zero-order valence-corrected chi connectivity index (χ0v) is 11.8. The fraction of sp³-hybridized carbons (Fsp3) is 0.500. The van der Waals surface area contributed by atoms with Crippen molar-refractivity contribution in [2.45, 2.75) is 45.3 Å². The zero-order chi connectivity index (χ0) is 14.8. The van der Waals surface area contributed by atoms with E-state index in [-0.39, 0.29) is 0 Å². The molecular formula is C16H20F3N. The van der Waals surface area contributed by atoms with Crippen LogP contribution in [0.2, 0.25) is 0 Å². The summed E-state index contributed by atoms with van der Waals surface area (Å²) in [6.45, 7) is 4.61. The van der Waals surface area contributed by atoms with Crippen LogP contribution in [-0.2, 0) is 6.18 Å². The Hall–Kier alpha value is -1.29. The highest BCUT2D eigenvalue weighted by molar-refractivity contribution is 5.66. The Morgan fingerprint density at radius 2 is 2.05 bits per heavy atom. The number of halogens is 3. The van der Waals surface area contributed by atoms with Gasteiger partial charge in [0.1, 0.15) is 0 Å². The molecule has 1 N–H and O–H groups in total. The van der Waals surface area contributed by atoms with Crippen molar-refractivity contribution in [1.82, 2.24) is 5.32 Å². The van der Waals surface area contributed by atoms with Crippen LogP contribution in [-0.4, -0.2) is 12.6 Å². The molecule has 0 radical (unpaired) electrons. The van der Waals surface area contributed by atoms with E-state index in [4.69, 9.17) is 0 Å².